The second kappa shape index (κ2) is 10.5. The molecular weight excluding hydrogens is 482 g/mol. The molecule has 1 aromatic carbocycles. The molecule has 4 heterocycles. The zero-order valence-electron chi connectivity index (χ0n) is 20.5. The first-order chi connectivity index (χ1) is 17.4. The molecule has 1 aromatic heterocycles. The fraction of sp³-hybridized carbons (Fsp3) is 0.520. The Morgan fingerprint density at radius 1 is 1.17 bits per heavy atom. The lowest BCUT2D eigenvalue weighted by Crippen LogP contribution is -2.54. The Kier molecular flexibility index (Phi) is 7.22. The Balaban J connectivity index is 1.25. The lowest BCUT2D eigenvalue weighted by atomic mass is 9.94. The minimum atomic E-state index is -0.332. The number of benzene rings is 1. The lowest BCUT2D eigenvalue weighted by molar-refractivity contribution is -0.144. The van der Waals surface area contributed by atoms with E-state index in [-0.39, 0.29) is 42.6 Å². The van der Waals surface area contributed by atoms with Gasteiger partial charge in [0.05, 0.1) is 29.6 Å². The normalized spacial score (nSPS) is 24.7. The largest absolute Gasteiger partial charge is 0.490 e. The molecule has 192 valence electrons. The van der Waals surface area contributed by atoms with Crippen LogP contribution in [0.4, 0.5) is 5.69 Å². The van der Waals surface area contributed by atoms with Crippen LogP contribution in [0.15, 0.2) is 29.1 Å². The number of likely N-dealkylation sites (N-methyl/N-ethyl adjacent to an activating group) is 2. The van der Waals surface area contributed by atoms with Crippen LogP contribution in [0.2, 0.25) is 0 Å². The number of aromatic nitrogens is 1. The van der Waals surface area contributed by atoms with Gasteiger partial charge in [-0.2, -0.15) is 0 Å². The van der Waals surface area contributed by atoms with Crippen molar-refractivity contribution in [3.05, 3.63) is 40.3 Å². The van der Waals surface area contributed by atoms with E-state index in [9.17, 15) is 14.4 Å². The molecule has 3 amide bonds. The zero-order chi connectivity index (χ0) is 25.2. The number of thiazole rings is 1. The van der Waals surface area contributed by atoms with Gasteiger partial charge < -0.3 is 29.5 Å². The number of rotatable bonds is 4. The van der Waals surface area contributed by atoms with Gasteiger partial charge in [0.1, 0.15) is 24.2 Å². The van der Waals surface area contributed by atoms with Crippen LogP contribution in [0.25, 0.3) is 0 Å². The van der Waals surface area contributed by atoms with Gasteiger partial charge in [-0.1, -0.05) is 0 Å². The van der Waals surface area contributed by atoms with Crippen LogP contribution in [0.1, 0.15) is 40.1 Å². The topological polar surface area (TPSA) is 104 Å². The van der Waals surface area contributed by atoms with Crippen molar-refractivity contribution in [2.75, 3.05) is 52.2 Å². The molecule has 11 heteroatoms. The monoisotopic (exact) mass is 513 g/mol. The number of carbonyl (C=O) groups is 3. The minimum Gasteiger partial charge on any atom is -0.490 e. The molecular formula is C25H31N5O5S. The Hall–Kier alpha value is -3.02. The Morgan fingerprint density at radius 3 is 2.72 bits per heavy atom. The summed E-state index contributed by atoms with van der Waals surface area (Å²) in [5.74, 6) is 0.0400. The fourth-order valence-corrected chi connectivity index (χ4v) is 5.54. The van der Waals surface area contributed by atoms with Crippen molar-refractivity contribution in [2.24, 2.45) is 0 Å². The summed E-state index contributed by atoms with van der Waals surface area (Å²) < 4.78 is 12.4. The highest BCUT2D eigenvalue weighted by atomic mass is 32.1. The number of carbonyl (C=O) groups excluding carboxylic acids is 3. The zero-order valence-corrected chi connectivity index (χ0v) is 21.3. The van der Waals surface area contributed by atoms with Crippen molar-refractivity contribution in [3.8, 4) is 5.75 Å². The number of piperazine rings is 1. The van der Waals surface area contributed by atoms with Gasteiger partial charge in [0.2, 0.25) is 5.91 Å². The number of hydrogen-bond acceptors (Lipinski definition) is 8. The summed E-state index contributed by atoms with van der Waals surface area (Å²) >= 11 is 1.34. The van der Waals surface area contributed by atoms with Crippen molar-refractivity contribution in [2.45, 2.75) is 37.5 Å². The van der Waals surface area contributed by atoms with Crippen LogP contribution in [0.3, 0.4) is 0 Å². The number of hydrogen-bond donors (Lipinski definition) is 1. The number of nitrogens with zero attached hydrogens (tertiary/aromatic N) is 4. The summed E-state index contributed by atoms with van der Waals surface area (Å²) in [4.78, 5) is 48.5. The van der Waals surface area contributed by atoms with Crippen molar-refractivity contribution < 1.29 is 23.9 Å². The predicted octanol–water partition coefficient (Wildman–Crippen LogP) is 1.94. The van der Waals surface area contributed by atoms with E-state index in [0.717, 1.165) is 32.6 Å². The van der Waals surface area contributed by atoms with E-state index in [2.05, 4.69) is 22.2 Å². The molecule has 0 bridgehead atoms. The fourth-order valence-electron chi connectivity index (χ4n) is 5.00. The second-order valence-electron chi connectivity index (χ2n) is 9.60. The van der Waals surface area contributed by atoms with E-state index >= 15 is 0 Å². The van der Waals surface area contributed by atoms with Crippen LogP contribution in [-0.2, 0) is 9.53 Å². The molecule has 2 aromatic rings. The van der Waals surface area contributed by atoms with Crippen LogP contribution in [-0.4, -0.2) is 103 Å². The second-order valence-corrected chi connectivity index (χ2v) is 10.3. The first-order valence-electron chi connectivity index (χ1n) is 12.2. The summed E-state index contributed by atoms with van der Waals surface area (Å²) in [7, 11) is 3.84. The van der Waals surface area contributed by atoms with Gasteiger partial charge in [-0.25, -0.2) is 4.98 Å². The number of ether oxygens (including phenoxy) is 2. The predicted molar refractivity (Wildman–Crippen MR) is 134 cm³/mol. The molecule has 5 rings (SSSR count). The maximum absolute atomic E-state index is 13.4. The molecule has 10 nitrogen and oxygen atoms in total. The molecule has 1 N–H and O–H groups in total. The van der Waals surface area contributed by atoms with Gasteiger partial charge in [-0.3, -0.25) is 14.4 Å². The number of anilines is 1. The van der Waals surface area contributed by atoms with Gasteiger partial charge >= 0.3 is 0 Å². The maximum atomic E-state index is 13.4. The summed E-state index contributed by atoms with van der Waals surface area (Å²) in [6.45, 7) is 3.55. The summed E-state index contributed by atoms with van der Waals surface area (Å²) in [6, 6.07) is 4.87. The molecule has 0 spiro atoms. The molecule has 2 fully saturated rings. The molecule has 0 aliphatic carbocycles. The van der Waals surface area contributed by atoms with E-state index in [1.807, 2.05) is 4.90 Å². The van der Waals surface area contributed by atoms with Gasteiger partial charge in [-0.15, -0.1) is 11.3 Å². The number of fused-ring (bicyclic) bond motifs is 2. The molecule has 0 radical (unpaired) electrons. The van der Waals surface area contributed by atoms with E-state index in [4.69, 9.17) is 9.47 Å². The first kappa shape index (κ1) is 24.7. The third-order valence-corrected chi connectivity index (χ3v) is 7.78. The van der Waals surface area contributed by atoms with Gasteiger partial charge in [-0.05, 0) is 38.1 Å². The highest BCUT2D eigenvalue weighted by molar-refractivity contribution is 7.07. The van der Waals surface area contributed by atoms with Crippen LogP contribution in [0, 0.1) is 0 Å². The maximum Gasteiger partial charge on any atom is 0.275 e. The molecule has 3 atom stereocenters. The highest BCUT2D eigenvalue weighted by Crippen LogP contribution is 2.32. The molecule has 3 aliphatic heterocycles. The Morgan fingerprint density at radius 2 is 1.97 bits per heavy atom. The summed E-state index contributed by atoms with van der Waals surface area (Å²) in [6.07, 6.45) is 1.27. The lowest BCUT2D eigenvalue weighted by Gasteiger charge is -2.42. The average molecular weight is 514 g/mol. The Bertz CT molecular complexity index is 1120. The van der Waals surface area contributed by atoms with Crippen molar-refractivity contribution in [3.63, 3.8) is 0 Å². The van der Waals surface area contributed by atoms with Crippen LogP contribution >= 0.6 is 11.3 Å². The number of amides is 3. The van der Waals surface area contributed by atoms with E-state index in [0.29, 0.717) is 35.5 Å². The van der Waals surface area contributed by atoms with Gasteiger partial charge in [0.25, 0.3) is 11.8 Å². The molecule has 3 aliphatic rings. The standard InChI is InChI=1S/C25H31N5O5S/c1-28-7-9-30(10-8-28)23(31)12-17-4-5-20-22(35-17)13-34-21-6-3-16(11-18(21)25(33)29(20)2)27-24(32)19-14-36-15-26-19/h3,6,11,14-15,17,20,22H,4-5,7-10,12-13H2,1-2H3,(H,27,32)/t17-,20-,22-/m0/s1. The SMILES string of the molecule is CN1CCN(C(=O)C[C@@H]2CC[C@H]3[C@H](COc4ccc(NC(=O)c5cscn5)cc4C(=O)N3C)O2)CC1. The van der Waals surface area contributed by atoms with Crippen LogP contribution < -0.4 is 10.1 Å². The van der Waals surface area contributed by atoms with Crippen molar-refractivity contribution in [1.29, 1.82) is 0 Å². The average Bonchev–Trinajstić information content (AvgIpc) is 3.42. The molecule has 0 saturated carbocycles. The van der Waals surface area contributed by atoms with Gasteiger partial charge in [0, 0.05) is 44.3 Å². The summed E-state index contributed by atoms with van der Waals surface area (Å²) in [5.41, 5.74) is 2.81. The third-order valence-electron chi connectivity index (χ3n) is 7.19. The van der Waals surface area contributed by atoms with E-state index < -0.39 is 0 Å². The van der Waals surface area contributed by atoms with Gasteiger partial charge in [0.15, 0.2) is 0 Å². The van der Waals surface area contributed by atoms with Crippen LogP contribution in [0.5, 0.6) is 5.75 Å². The third kappa shape index (κ3) is 5.23. The Labute approximate surface area is 214 Å². The molecule has 36 heavy (non-hydrogen) atoms. The first-order valence-corrected chi connectivity index (χ1v) is 13.2. The minimum absolute atomic E-state index is 0.125. The highest BCUT2D eigenvalue weighted by Gasteiger charge is 2.39. The van der Waals surface area contributed by atoms with E-state index in [1.54, 1.807) is 41.0 Å². The van der Waals surface area contributed by atoms with Crippen molar-refractivity contribution in [1.82, 2.24) is 19.7 Å². The summed E-state index contributed by atoms with van der Waals surface area (Å²) in [5, 5.41) is 4.46. The number of nitrogens with one attached hydrogen (secondary N) is 1. The van der Waals surface area contributed by atoms with E-state index in [1.165, 1.54) is 11.3 Å². The van der Waals surface area contributed by atoms with Crippen molar-refractivity contribution >= 4 is 34.7 Å². The molecule has 2 saturated heterocycles. The smallest absolute Gasteiger partial charge is 0.275 e. The quantitative estimate of drug-likeness (QED) is 0.666. The molecule has 0 unspecified atom stereocenters.